The van der Waals surface area contributed by atoms with E-state index in [9.17, 15) is 4.79 Å². The van der Waals surface area contributed by atoms with Gasteiger partial charge in [0.15, 0.2) is 0 Å². The smallest absolute Gasteiger partial charge is 0.243 e. The number of thiophene rings is 2. The van der Waals surface area contributed by atoms with Gasteiger partial charge in [0.25, 0.3) is 0 Å². The molecule has 3 heterocycles. The Morgan fingerprint density at radius 2 is 1.77 bits per heavy atom. The lowest BCUT2D eigenvalue weighted by molar-refractivity contribution is -0.121. The van der Waals surface area contributed by atoms with Gasteiger partial charge in [0.05, 0.1) is 5.69 Å². The molecule has 0 spiro atoms. The Bertz CT molecular complexity index is 850. The van der Waals surface area contributed by atoms with Crippen molar-refractivity contribution in [3.05, 3.63) is 63.0 Å². The van der Waals surface area contributed by atoms with Crippen molar-refractivity contribution in [3.63, 3.8) is 0 Å². The van der Waals surface area contributed by atoms with Gasteiger partial charge in [-0.3, -0.25) is 4.79 Å². The lowest BCUT2D eigenvalue weighted by atomic mass is 9.83. The van der Waals surface area contributed by atoms with Crippen LogP contribution in [0.1, 0.15) is 16.7 Å². The van der Waals surface area contributed by atoms with Crippen molar-refractivity contribution in [3.8, 4) is 11.1 Å². The third kappa shape index (κ3) is 1.68. The Morgan fingerprint density at radius 1 is 0.955 bits per heavy atom. The monoisotopic (exact) mass is 325 g/mol. The van der Waals surface area contributed by atoms with Gasteiger partial charge in [0, 0.05) is 22.4 Å². The van der Waals surface area contributed by atoms with Crippen molar-refractivity contribution in [1.29, 1.82) is 0 Å². The van der Waals surface area contributed by atoms with E-state index in [4.69, 9.17) is 0 Å². The number of fused-ring (bicyclic) bond motifs is 3. The van der Waals surface area contributed by atoms with E-state index in [-0.39, 0.29) is 5.91 Å². The number of hydrogen-bond donors (Lipinski definition) is 0. The molecule has 0 aliphatic carbocycles. The number of nitrogens with zero attached hydrogens (tertiary/aromatic N) is 1. The number of para-hydroxylation sites is 1. The van der Waals surface area contributed by atoms with Crippen LogP contribution in [0.2, 0.25) is 0 Å². The Balaban J connectivity index is 2.08. The summed E-state index contributed by atoms with van der Waals surface area (Å²) < 4.78 is 0. The molecule has 0 fully saturated rings. The molecule has 0 radical (unpaired) electrons. The highest BCUT2D eigenvalue weighted by Crippen LogP contribution is 2.49. The van der Waals surface area contributed by atoms with Crippen LogP contribution in [-0.4, -0.2) is 13.0 Å². The van der Waals surface area contributed by atoms with E-state index in [1.807, 2.05) is 41.6 Å². The summed E-state index contributed by atoms with van der Waals surface area (Å²) >= 11 is 3.32. The first-order valence-corrected chi connectivity index (χ1v) is 8.89. The summed E-state index contributed by atoms with van der Waals surface area (Å²) in [5.74, 6) is 0.128. The highest BCUT2D eigenvalue weighted by atomic mass is 32.1. The van der Waals surface area contributed by atoms with E-state index in [1.165, 1.54) is 5.56 Å². The largest absolute Gasteiger partial charge is 0.314 e. The van der Waals surface area contributed by atoms with E-state index in [2.05, 4.69) is 30.5 Å². The second-order valence-corrected chi connectivity index (χ2v) is 7.51. The molecule has 1 aliphatic rings. The zero-order valence-corrected chi connectivity index (χ0v) is 14.0. The van der Waals surface area contributed by atoms with Crippen molar-refractivity contribution < 1.29 is 4.79 Å². The number of carbonyl (C=O) groups is 1. The van der Waals surface area contributed by atoms with Crippen LogP contribution < -0.4 is 4.90 Å². The number of amides is 1. The maximum absolute atomic E-state index is 13.3. The molecule has 1 atom stereocenters. The molecule has 3 aromatic rings. The lowest BCUT2D eigenvalue weighted by Crippen LogP contribution is -2.42. The molecule has 1 aliphatic heterocycles. The molecule has 110 valence electrons. The van der Waals surface area contributed by atoms with Gasteiger partial charge in [-0.2, -0.15) is 0 Å². The summed E-state index contributed by atoms with van der Waals surface area (Å²) in [4.78, 5) is 17.4. The summed E-state index contributed by atoms with van der Waals surface area (Å²) in [6.45, 7) is 2.05. The van der Waals surface area contributed by atoms with E-state index in [0.29, 0.717) is 0 Å². The van der Waals surface area contributed by atoms with Crippen LogP contribution >= 0.6 is 22.7 Å². The van der Waals surface area contributed by atoms with E-state index < -0.39 is 5.41 Å². The summed E-state index contributed by atoms with van der Waals surface area (Å²) in [5, 5.41) is 4.13. The number of hydrogen-bond acceptors (Lipinski definition) is 3. The number of carbonyl (C=O) groups excluding carboxylic acids is 1. The molecule has 4 rings (SSSR count). The van der Waals surface area contributed by atoms with Crippen molar-refractivity contribution in [2.24, 2.45) is 0 Å². The van der Waals surface area contributed by atoms with Crippen LogP contribution in [0.15, 0.2) is 53.2 Å². The van der Waals surface area contributed by atoms with Crippen molar-refractivity contribution in [2.75, 3.05) is 11.9 Å². The molecule has 0 N–H and O–H groups in total. The minimum absolute atomic E-state index is 0.128. The first-order chi connectivity index (χ1) is 10.6. The summed E-state index contributed by atoms with van der Waals surface area (Å²) in [7, 11) is 1.88. The molecule has 1 aromatic carbocycles. The number of anilines is 1. The van der Waals surface area contributed by atoms with Gasteiger partial charge in [-0.15, -0.1) is 22.7 Å². The maximum atomic E-state index is 13.3. The molecular weight excluding hydrogens is 310 g/mol. The zero-order valence-electron chi connectivity index (χ0n) is 12.4. The predicted molar refractivity (Wildman–Crippen MR) is 93.9 cm³/mol. The second-order valence-electron chi connectivity index (χ2n) is 5.65. The number of rotatable bonds is 1. The van der Waals surface area contributed by atoms with Crippen LogP contribution in [0, 0.1) is 0 Å². The first-order valence-electron chi connectivity index (χ1n) is 7.13. The Labute approximate surface area is 137 Å². The van der Waals surface area contributed by atoms with Gasteiger partial charge >= 0.3 is 0 Å². The van der Waals surface area contributed by atoms with Gasteiger partial charge < -0.3 is 4.90 Å². The summed E-state index contributed by atoms with van der Waals surface area (Å²) in [6.07, 6.45) is 0. The lowest BCUT2D eigenvalue weighted by Gasteiger charge is -2.29. The molecule has 1 amide bonds. The normalized spacial score (nSPS) is 20.5. The SMILES string of the molecule is CN1C(=O)[C@@](C)(c2cccs2)c2sccc2-c2ccccc21. The van der Waals surface area contributed by atoms with Gasteiger partial charge in [-0.05, 0) is 41.4 Å². The van der Waals surface area contributed by atoms with Crippen LogP contribution in [-0.2, 0) is 10.2 Å². The van der Waals surface area contributed by atoms with Gasteiger partial charge in [0.1, 0.15) is 5.41 Å². The minimum atomic E-state index is -0.620. The fraction of sp³-hybridized carbons (Fsp3) is 0.167. The molecule has 0 unspecified atom stereocenters. The standard InChI is InChI=1S/C18H15NOS2/c1-18(15-8-5-10-21-15)16-13(9-11-22-16)12-6-3-4-7-14(12)19(2)17(18)20/h3-11H,1-2H3/t18-/m0/s1. The van der Waals surface area contributed by atoms with Crippen LogP contribution in [0.4, 0.5) is 5.69 Å². The second kappa shape index (κ2) is 4.80. The third-order valence-electron chi connectivity index (χ3n) is 4.42. The van der Waals surface area contributed by atoms with Crippen LogP contribution in [0.3, 0.4) is 0 Å². The molecule has 0 saturated carbocycles. The predicted octanol–water partition coefficient (Wildman–Crippen LogP) is 4.76. The Hall–Kier alpha value is -1.91. The fourth-order valence-electron chi connectivity index (χ4n) is 3.22. The minimum Gasteiger partial charge on any atom is -0.314 e. The van der Waals surface area contributed by atoms with Gasteiger partial charge in [-0.25, -0.2) is 0 Å². The molecule has 22 heavy (non-hydrogen) atoms. The quantitative estimate of drug-likeness (QED) is 0.632. The number of benzene rings is 1. The molecule has 2 nitrogen and oxygen atoms in total. The fourth-order valence-corrected chi connectivity index (χ4v) is 5.25. The summed E-state index contributed by atoms with van der Waals surface area (Å²) in [5.41, 5.74) is 2.67. The van der Waals surface area contributed by atoms with Crippen LogP contribution in [0.5, 0.6) is 0 Å². The number of likely N-dealkylation sites (N-methyl/N-ethyl adjacent to an activating group) is 1. The van der Waals surface area contributed by atoms with Crippen LogP contribution in [0.25, 0.3) is 11.1 Å². The highest BCUT2D eigenvalue weighted by molar-refractivity contribution is 7.12. The van der Waals surface area contributed by atoms with E-state index in [1.54, 1.807) is 22.7 Å². The highest BCUT2D eigenvalue weighted by Gasteiger charge is 2.45. The van der Waals surface area contributed by atoms with E-state index >= 15 is 0 Å². The van der Waals surface area contributed by atoms with Gasteiger partial charge in [0.2, 0.25) is 5.91 Å². The van der Waals surface area contributed by atoms with E-state index in [0.717, 1.165) is 21.0 Å². The first kappa shape index (κ1) is 13.7. The maximum Gasteiger partial charge on any atom is 0.243 e. The molecule has 0 bridgehead atoms. The average molecular weight is 325 g/mol. The topological polar surface area (TPSA) is 20.3 Å². The Morgan fingerprint density at radius 3 is 2.55 bits per heavy atom. The third-order valence-corrected chi connectivity index (χ3v) is 6.65. The van der Waals surface area contributed by atoms with Gasteiger partial charge in [-0.1, -0.05) is 24.3 Å². The van der Waals surface area contributed by atoms with Crippen molar-refractivity contribution in [1.82, 2.24) is 0 Å². The zero-order chi connectivity index (χ0) is 15.3. The molecule has 0 saturated heterocycles. The van der Waals surface area contributed by atoms with Crippen molar-refractivity contribution >= 4 is 34.3 Å². The Kier molecular flexibility index (Phi) is 2.99. The molecule has 4 heteroatoms. The average Bonchev–Trinajstić information content (AvgIpc) is 3.22. The summed E-state index contributed by atoms with van der Waals surface area (Å²) in [6, 6.07) is 14.4. The molecule has 2 aromatic heterocycles. The van der Waals surface area contributed by atoms with Crippen molar-refractivity contribution in [2.45, 2.75) is 12.3 Å². The molecular formula is C18H15NOS2.